The third-order valence-corrected chi connectivity index (χ3v) is 13.9. The molecule has 0 fully saturated rings. The fourth-order valence-electron chi connectivity index (χ4n) is 4.10. The molecule has 0 aliphatic heterocycles. The molecule has 0 unspecified atom stereocenters. The molecule has 402 valence electrons. The van der Waals surface area contributed by atoms with Crippen molar-refractivity contribution in [2.45, 2.75) is 237 Å². The minimum Gasteiger partial charge on any atom is -0.180 e. The second-order valence-electron chi connectivity index (χ2n) is 15.4. The fourth-order valence-corrected chi connectivity index (χ4v) is 8.83. The minimum absolute atomic E-state index is 0. The minimum atomic E-state index is -1.46. The van der Waals surface area contributed by atoms with Crippen LogP contribution in [-0.4, -0.2) is 79.3 Å². The summed E-state index contributed by atoms with van der Waals surface area (Å²) in [6.07, 6.45) is 26.9. The van der Waals surface area contributed by atoms with Gasteiger partial charge in [0, 0.05) is 16.5 Å². The van der Waals surface area contributed by atoms with Gasteiger partial charge < -0.3 is 0 Å². The largest absolute Gasteiger partial charge is 0.397 e. The Labute approximate surface area is 419 Å². The van der Waals surface area contributed by atoms with E-state index in [2.05, 4.69) is 83.1 Å². The number of rotatable bonds is 48. The first-order valence-electron chi connectivity index (χ1n) is 26.4. The molecule has 0 aliphatic carbocycles. The molecular weight excluding hydrogens is 951 g/mol. The van der Waals surface area contributed by atoms with E-state index in [1.807, 2.05) is 0 Å². The standard InChI is InChI=1S/4C12H28O3P.Ni/c4*1-4-7-10-13-16(14-11-8-5-2)15-12-9-6-3;/h4*16H,4-12H2,1-3H3;/q4*+1;. The van der Waals surface area contributed by atoms with Crippen LogP contribution in [0.4, 0.5) is 0 Å². The van der Waals surface area contributed by atoms with Crippen molar-refractivity contribution >= 4 is 34.4 Å². The predicted octanol–water partition coefficient (Wildman–Crippen LogP) is 17.6. The average molecular weight is 1060 g/mol. The molecular formula is C48H112NiO12P4+4. The van der Waals surface area contributed by atoms with Crippen molar-refractivity contribution < 1.29 is 70.8 Å². The zero-order chi connectivity index (χ0) is 48.3. The Bertz CT molecular complexity index is 566. The molecule has 0 atom stereocenters. The maximum Gasteiger partial charge on any atom is 0.397 e. The second kappa shape index (κ2) is 72.3. The molecule has 0 amide bonds. The molecule has 0 saturated carbocycles. The molecule has 0 spiro atoms. The molecule has 0 aromatic carbocycles. The average Bonchev–Trinajstić information content (AvgIpc) is 3.30. The summed E-state index contributed by atoms with van der Waals surface area (Å²) in [5.41, 5.74) is 0. The van der Waals surface area contributed by atoms with Gasteiger partial charge in [-0.2, -0.15) is 54.3 Å². The number of hydrogen-bond donors (Lipinski definition) is 0. The molecule has 0 bridgehead atoms. The topological polar surface area (TPSA) is 111 Å². The van der Waals surface area contributed by atoms with Gasteiger partial charge in [0.25, 0.3) is 0 Å². The van der Waals surface area contributed by atoms with Crippen LogP contribution in [0.5, 0.6) is 0 Å². The molecule has 12 nitrogen and oxygen atoms in total. The SMILES string of the molecule is CCCCO[PH+](OCCCC)OCCCC.CCCCO[PH+](OCCCC)OCCCC.CCCCO[PH+](OCCCC)OCCCC.CCCCO[PH+](OCCCC)OCCCC.[Ni]. The van der Waals surface area contributed by atoms with E-state index in [-0.39, 0.29) is 16.5 Å². The third-order valence-electron chi connectivity index (χ3n) is 8.61. The fraction of sp³-hybridized carbons (Fsp3) is 1.00. The van der Waals surface area contributed by atoms with E-state index in [4.69, 9.17) is 54.3 Å². The van der Waals surface area contributed by atoms with E-state index >= 15 is 0 Å². The molecule has 0 rings (SSSR count). The zero-order valence-corrected chi connectivity index (χ0v) is 49.7. The predicted molar refractivity (Wildman–Crippen MR) is 284 cm³/mol. The Morgan fingerprint density at radius 2 is 0.246 bits per heavy atom. The molecule has 0 saturated heterocycles. The van der Waals surface area contributed by atoms with Crippen LogP contribution in [0.1, 0.15) is 237 Å². The van der Waals surface area contributed by atoms with Crippen LogP contribution in [0.25, 0.3) is 0 Å². The van der Waals surface area contributed by atoms with Gasteiger partial charge in [-0.1, -0.05) is 160 Å². The van der Waals surface area contributed by atoms with Gasteiger partial charge in [0.1, 0.15) is 0 Å². The van der Waals surface area contributed by atoms with Crippen molar-refractivity contribution in [1.29, 1.82) is 0 Å². The summed E-state index contributed by atoms with van der Waals surface area (Å²) in [5, 5.41) is 0. The van der Waals surface area contributed by atoms with E-state index in [0.717, 1.165) is 233 Å². The third kappa shape index (κ3) is 70.1. The summed E-state index contributed by atoms with van der Waals surface area (Å²) in [7, 11) is -5.85. The van der Waals surface area contributed by atoms with Gasteiger partial charge in [-0.05, 0) is 77.0 Å². The summed E-state index contributed by atoms with van der Waals surface area (Å²) in [5.74, 6) is 0. The van der Waals surface area contributed by atoms with Gasteiger partial charge in [0.15, 0.2) is 0 Å². The first-order chi connectivity index (χ1) is 31.4. The van der Waals surface area contributed by atoms with Crippen LogP contribution < -0.4 is 0 Å². The molecule has 0 N–H and O–H groups in total. The summed E-state index contributed by atoms with van der Waals surface area (Å²) >= 11 is 0. The van der Waals surface area contributed by atoms with Gasteiger partial charge in [-0.25, -0.2) is 0 Å². The summed E-state index contributed by atoms with van der Waals surface area (Å²) in [6.45, 7) is 35.1. The first kappa shape index (κ1) is 75.7. The maximum atomic E-state index is 5.63. The van der Waals surface area contributed by atoms with E-state index < -0.39 is 34.4 Å². The Morgan fingerprint density at radius 1 is 0.169 bits per heavy atom. The van der Waals surface area contributed by atoms with Gasteiger partial charge in [-0.15, -0.1) is 0 Å². The van der Waals surface area contributed by atoms with Crippen molar-refractivity contribution in [2.75, 3.05) is 79.3 Å². The Morgan fingerprint density at radius 3 is 0.308 bits per heavy atom. The van der Waals surface area contributed by atoms with E-state index in [0.29, 0.717) is 0 Å². The van der Waals surface area contributed by atoms with Gasteiger partial charge in [-0.3, -0.25) is 0 Å². The second-order valence-corrected chi connectivity index (χ2v) is 20.9. The summed E-state index contributed by atoms with van der Waals surface area (Å²) in [4.78, 5) is 0. The first-order valence-corrected chi connectivity index (χ1v) is 31.3. The van der Waals surface area contributed by atoms with Crippen LogP contribution in [0.2, 0.25) is 0 Å². The van der Waals surface area contributed by atoms with E-state index in [1.54, 1.807) is 0 Å². The van der Waals surface area contributed by atoms with E-state index in [1.165, 1.54) is 0 Å². The summed E-state index contributed by atoms with van der Waals surface area (Å²) < 4.78 is 67.6. The zero-order valence-electron chi connectivity index (χ0n) is 44.7. The van der Waals surface area contributed by atoms with Gasteiger partial charge in [0.05, 0.1) is 79.3 Å². The molecule has 0 aliphatic rings. The van der Waals surface area contributed by atoms with Crippen molar-refractivity contribution in [1.82, 2.24) is 0 Å². The van der Waals surface area contributed by atoms with Crippen LogP contribution >= 0.6 is 34.4 Å². The quantitative estimate of drug-likeness (QED) is 0.0329. The number of unbranched alkanes of at least 4 members (excludes halogenated alkanes) is 12. The van der Waals surface area contributed by atoms with Crippen LogP contribution in [0, 0.1) is 0 Å². The molecule has 0 aromatic rings. The Hall–Kier alpha value is 1.73. The maximum absolute atomic E-state index is 5.63. The van der Waals surface area contributed by atoms with Crippen molar-refractivity contribution in [2.24, 2.45) is 0 Å². The monoisotopic (exact) mass is 1060 g/mol. The molecule has 65 heavy (non-hydrogen) atoms. The number of hydrogen-bond acceptors (Lipinski definition) is 12. The van der Waals surface area contributed by atoms with E-state index in [9.17, 15) is 0 Å². The smallest absolute Gasteiger partial charge is 0.180 e. The van der Waals surface area contributed by atoms with Crippen LogP contribution in [-0.2, 0) is 70.8 Å². The Kier molecular flexibility index (Phi) is 84.1. The van der Waals surface area contributed by atoms with Crippen LogP contribution in [0.3, 0.4) is 0 Å². The molecule has 0 radical (unpaired) electrons. The molecule has 0 aromatic heterocycles. The summed E-state index contributed by atoms with van der Waals surface area (Å²) in [6, 6.07) is 0. The van der Waals surface area contributed by atoms with Gasteiger partial charge >= 0.3 is 34.4 Å². The van der Waals surface area contributed by atoms with Crippen LogP contribution in [0.15, 0.2) is 0 Å². The van der Waals surface area contributed by atoms with Crippen molar-refractivity contribution in [3.05, 3.63) is 0 Å². The Balaban J connectivity index is -0.000000245. The van der Waals surface area contributed by atoms with Crippen molar-refractivity contribution in [3.8, 4) is 0 Å². The molecule has 17 heteroatoms. The van der Waals surface area contributed by atoms with Crippen molar-refractivity contribution in [3.63, 3.8) is 0 Å². The van der Waals surface area contributed by atoms with Gasteiger partial charge in [0.2, 0.25) is 0 Å². The normalized spacial score (nSPS) is 11.1. The molecule has 0 heterocycles.